The van der Waals surface area contributed by atoms with Crippen molar-refractivity contribution in [1.29, 1.82) is 0 Å². The van der Waals surface area contributed by atoms with Crippen molar-refractivity contribution in [1.82, 2.24) is 15.5 Å². The van der Waals surface area contributed by atoms with Crippen LogP contribution in [-0.4, -0.2) is 16.2 Å². The predicted octanol–water partition coefficient (Wildman–Crippen LogP) is 2.30. The summed E-state index contributed by atoms with van der Waals surface area (Å²) >= 11 is 0. The quantitative estimate of drug-likeness (QED) is 0.832. The number of hydrogen-bond donors (Lipinski definition) is 1. The van der Waals surface area contributed by atoms with E-state index >= 15 is 0 Å². The molecule has 2 rings (SSSR count). The summed E-state index contributed by atoms with van der Waals surface area (Å²) in [5.74, 6) is 2.36. The van der Waals surface area contributed by atoms with Gasteiger partial charge in [-0.2, -0.15) is 4.98 Å². The molecule has 0 aliphatic heterocycles. The molecule has 1 aliphatic carbocycles. The normalized spacial score (nSPS) is 17.4. The Bertz CT molecular complexity index is 316. The topological polar surface area (TPSA) is 51.0 Å². The van der Waals surface area contributed by atoms with E-state index in [0.29, 0.717) is 12.6 Å². The van der Waals surface area contributed by atoms with Gasteiger partial charge < -0.3 is 9.84 Å². The minimum Gasteiger partial charge on any atom is -0.339 e. The highest BCUT2D eigenvalue weighted by Gasteiger charge is 2.18. The summed E-state index contributed by atoms with van der Waals surface area (Å²) in [4.78, 5) is 4.41. The largest absolute Gasteiger partial charge is 0.339 e. The van der Waals surface area contributed by atoms with E-state index < -0.39 is 0 Å². The Morgan fingerprint density at radius 1 is 1.38 bits per heavy atom. The molecule has 1 N–H and O–H groups in total. The zero-order valence-electron chi connectivity index (χ0n) is 10.2. The van der Waals surface area contributed by atoms with Crippen LogP contribution in [0.25, 0.3) is 0 Å². The molecule has 90 valence electrons. The highest BCUT2D eigenvalue weighted by atomic mass is 16.5. The van der Waals surface area contributed by atoms with E-state index in [2.05, 4.69) is 29.3 Å². The maximum absolute atomic E-state index is 5.26. The van der Waals surface area contributed by atoms with Crippen LogP contribution in [0.1, 0.15) is 51.2 Å². The number of hydrogen-bond acceptors (Lipinski definition) is 4. The van der Waals surface area contributed by atoms with Crippen molar-refractivity contribution in [2.75, 3.05) is 0 Å². The van der Waals surface area contributed by atoms with Crippen LogP contribution in [0, 0.1) is 5.92 Å². The van der Waals surface area contributed by atoms with E-state index in [4.69, 9.17) is 4.52 Å². The number of nitrogens with zero attached hydrogens (tertiary/aromatic N) is 2. The maximum Gasteiger partial charge on any atom is 0.226 e. The van der Waals surface area contributed by atoms with Gasteiger partial charge in [-0.3, -0.25) is 0 Å². The van der Waals surface area contributed by atoms with Gasteiger partial charge in [-0.15, -0.1) is 0 Å². The molecule has 1 saturated carbocycles. The van der Waals surface area contributed by atoms with Crippen molar-refractivity contribution >= 4 is 0 Å². The molecule has 1 heterocycles. The summed E-state index contributed by atoms with van der Waals surface area (Å²) in [5.41, 5.74) is 0. The lowest BCUT2D eigenvalue weighted by molar-refractivity contribution is 0.348. The molecule has 0 radical (unpaired) electrons. The minimum atomic E-state index is 0.455. The SMILES string of the molecule is CC(C)NCc1noc(CC2CCCC2)n1. The Kier molecular flexibility index (Phi) is 3.93. The first kappa shape index (κ1) is 11.6. The molecule has 1 fully saturated rings. The van der Waals surface area contributed by atoms with Gasteiger partial charge in [0.25, 0.3) is 0 Å². The van der Waals surface area contributed by atoms with Crippen LogP contribution in [0.5, 0.6) is 0 Å². The van der Waals surface area contributed by atoms with E-state index in [1.165, 1.54) is 25.7 Å². The third-order valence-corrected chi connectivity index (χ3v) is 3.12. The van der Waals surface area contributed by atoms with Crippen molar-refractivity contribution in [3.63, 3.8) is 0 Å². The molecule has 16 heavy (non-hydrogen) atoms. The second-order valence-electron chi connectivity index (χ2n) is 4.99. The summed E-state index contributed by atoms with van der Waals surface area (Å²) in [7, 11) is 0. The highest BCUT2D eigenvalue weighted by Crippen LogP contribution is 2.27. The summed E-state index contributed by atoms with van der Waals surface area (Å²) in [6, 6.07) is 0.455. The number of nitrogens with one attached hydrogen (secondary N) is 1. The van der Waals surface area contributed by atoms with Gasteiger partial charge in [0.15, 0.2) is 5.82 Å². The van der Waals surface area contributed by atoms with Crippen molar-refractivity contribution in [3.8, 4) is 0 Å². The van der Waals surface area contributed by atoms with Crippen LogP contribution in [0.2, 0.25) is 0 Å². The van der Waals surface area contributed by atoms with Gasteiger partial charge >= 0.3 is 0 Å². The van der Waals surface area contributed by atoms with Crippen LogP contribution in [-0.2, 0) is 13.0 Å². The zero-order chi connectivity index (χ0) is 11.4. The summed E-state index contributed by atoms with van der Waals surface area (Å²) in [5, 5.41) is 7.27. The number of aromatic nitrogens is 2. The standard InChI is InChI=1S/C12H21N3O/c1-9(2)13-8-11-14-12(16-15-11)7-10-5-3-4-6-10/h9-10,13H,3-8H2,1-2H3. The number of rotatable bonds is 5. The first-order valence-corrected chi connectivity index (χ1v) is 6.29. The van der Waals surface area contributed by atoms with E-state index in [-0.39, 0.29) is 0 Å². The molecule has 0 unspecified atom stereocenters. The van der Waals surface area contributed by atoms with Crippen molar-refractivity contribution in [2.45, 2.75) is 58.5 Å². The van der Waals surface area contributed by atoms with Crippen LogP contribution in [0.4, 0.5) is 0 Å². The minimum absolute atomic E-state index is 0.455. The molecule has 0 saturated heterocycles. The fraction of sp³-hybridized carbons (Fsp3) is 0.833. The van der Waals surface area contributed by atoms with Crippen molar-refractivity contribution in [2.24, 2.45) is 5.92 Å². The molecule has 0 aromatic carbocycles. The molecule has 4 nitrogen and oxygen atoms in total. The molecule has 0 amide bonds. The van der Waals surface area contributed by atoms with Crippen LogP contribution in [0.15, 0.2) is 4.52 Å². The van der Waals surface area contributed by atoms with Gasteiger partial charge in [0.1, 0.15) is 0 Å². The zero-order valence-corrected chi connectivity index (χ0v) is 10.2. The third-order valence-electron chi connectivity index (χ3n) is 3.12. The van der Waals surface area contributed by atoms with E-state index in [9.17, 15) is 0 Å². The summed E-state index contributed by atoms with van der Waals surface area (Å²) < 4.78 is 5.26. The van der Waals surface area contributed by atoms with E-state index in [1.54, 1.807) is 0 Å². The van der Waals surface area contributed by atoms with E-state index in [0.717, 1.165) is 24.1 Å². The lowest BCUT2D eigenvalue weighted by Crippen LogP contribution is -2.22. The van der Waals surface area contributed by atoms with Crippen LogP contribution < -0.4 is 5.32 Å². The summed E-state index contributed by atoms with van der Waals surface area (Å²) in [6.07, 6.45) is 6.33. The summed E-state index contributed by atoms with van der Waals surface area (Å²) in [6.45, 7) is 4.92. The Hall–Kier alpha value is -0.900. The first-order valence-electron chi connectivity index (χ1n) is 6.29. The lowest BCUT2D eigenvalue weighted by Gasteiger charge is -2.04. The molecular weight excluding hydrogens is 202 g/mol. The second kappa shape index (κ2) is 5.43. The molecule has 0 spiro atoms. The molecule has 1 aromatic heterocycles. The Morgan fingerprint density at radius 2 is 2.12 bits per heavy atom. The molecular formula is C12H21N3O. The molecule has 4 heteroatoms. The van der Waals surface area contributed by atoms with Crippen LogP contribution in [0.3, 0.4) is 0 Å². The monoisotopic (exact) mass is 223 g/mol. The average molecular weight is 223 g/mol. The van der Waals surface area contributed by atoms with Crippen molar-refractivity contribution in [3.05, 3.63) is 11.7 Å². The van der Waals surface area contributed by atoms with Gasteiger partial charge in [0, 0.05) is 12.5 Å². The van der Waals surface area contributed by atoms with Gasteiger partial charge in [0.05, 0.1) is 6.54 Å². The van der Waals surface area contributed by atoms with Gasteiger partial charge in [-0.25, -0.2) is 0 Å². The second-order valence-corrected chi connectivity index (χ2v) is 4.99. The average Bonchev–Trinajstić information content (AvgIpc) is 2.87. The fourth-order valence-electron chi connectivity index (χ4n) is 2.20. The van der Waals surface area contributed by atoms with E-state index in [1.807, 2.05) is 0 Å². The maximum atomic E-state index is 5.26. The fourth-order valence-corrected chi connectivity index (χ4v) is 2.20. The first-order chi connectivity index (χ1) is 7.74. The Labute approximate surface area is 96.8 Å². The predicted molar refractivity (Wildman–Crippen MR) is 61.9 cm³/mol. The van der Waals surface area contributed by atoms with Gasteiger partial charge in [-0.1, -0.05) is 31.8 Å². The van der Waals surface area contributed by atoms with Crippen molar-refractivity contribution < 1.29 is 4.52 Å². The molecule has 1 aliphatic rings. The van der Waals surface area contributed by atoms with Crippen LogP contribution >= 0.6 is 0 Å². The smallest absolute Gasteiger partial charge is 0.226 e. The lowest BCUT2D eigenvalue weighted by atomic mass is 10.0. The Morgan fingerprint density at radius 3 is 2.81 bits per heavy atom. The highest BCUT2D eigenvalue weighted by molar-refractivity contribution is 4.89. The molecule has 1 aromatic rings. The Balaban J connectivity index is 1.81. The third kappa shape index (κ3) is 3.30. The van der Waals surface area contributed by atoms with Gasteiger partial charge in [0.2, 0.25) is 5.89 Å². The molecule has 0 bridgehead atoms. The molecule has 0 atom stereocenters. The van der Waals surface area contributed by atoms with Gasteiger partial charge in [-0.05, 0) is 18.8 Å².